The predicted molar refractivity (Wildman–Crippen MR) is 208 cm³/mol. The second kappa shape index (κ2) is 19.3. The van der Waals surface area contributed by atoms with Crippen molar-refractivity contribution in [1.82, 2.24) is 4.98 Å². The van der Waals surface area contributed by atoms with E-state index in [1.54, 1.807) is 24.3 Å². The molecule has 256 valence electrons. The molecule has 0 unspecified atom stereocenters. The molecule has 0 saturated carbocycles. The fourth-order valence-electron chi connectivity index (χ4n) is 4.67. The number of thiophene rings is 1. The molecule has 2 heterocycles. The fraction of sp³-hybridized carbons (Fsp3) is 0.316. The van der Waals surface area contributed by atoms with Gasteiger partial charge in [0.25, 0.3) is 0 Å². The van der Waals surface area contributed by atoms with E-state index in [1.807, 2.05) is 54.6 Å². The number of anilines is 5. The molecule has 0 fully saturated rings. The van der Waals surface area contributed by atoms with E-state index in [-0.39, 0.29) is 5.97 Å². The minimum absolute atomic E-state index is 0.344. The number of hydrogen-bond acceptors (Lipinski definition) is 10. The summed E-state index contributed by atoms with van der Waals surface area (Å²) in [5.41, 5.74) is 27.6. The summed E-state index contributed by atoms with van der Waals surface area (Å²) >= 11 is 2.84. The van der Waals surface area contributed by atoms with Gasteiger partial charge < -0.3 is 32.6 Å². The van der Waals surface area contributed by atoms with E-state index in [0.29, 0.717) is 38.3 Å². The lowest BCUT2D eigenvalue weighted by Crippen LogP contribution is -2.31. The Kier molecular flexibility index (Phi) is 15.3. The predicted octanol–water partition coefficient (Wildman–Crippen LogP) is 9.25. The number of carbonyl (C=O) groups excluding carboxylic acids is 1. The molecule has 0 aliphatic carbocycles. The Morgan fingerprint density at radius 3 is 1.88 bits per heavy atom. The van der Waals surface area contributed by atoms with Crippen LogP contribution in [0.5, 0.6) is 5.06 Å². The van der Waals surface area contributed by atoms with Gasteiger partial charge in [0.05, 0.1) is 5.56 Å². The van der Waals surface area contributed by atoms with Gasteiger partial charge in [-0.1, -0.05) is 82.7 Å². The first-order valence-corrected chi connectivity index (χ1v) is 17.9. The summed E-state index contributed by atoms with van der Waals surface area (Å²) in [6.45, 7) is 13.4. The zero-order chi connectivity index (χ0) is 35.1. The highest BCUT2D eigenvalue weighted by atomic mass is 32.1. The van der Waals surface area contributed by atoms with Gasteiger partial charge in [-0.25, -0.2) is 9.78 Å². The summed E-state index contributed by atoms with van der Waals surface area (Å²) in [5.74, 6) is 1.01. The Bertz CT molecular complexity index is 1640. The van der Waals surface area contributed by atoms with Crippen LogP contribution in [0.1, 0.15) is 62.7 Å². The van der Waals surface area contributed by atoms with E-state index in [9.17, 15) is 4.79 Å². The van der Waals surface area contributed by atoms with E-state index < -0.39 is 0 Å². The molecule has 48 heavy (non-hydrogen) atoms. The number of esters is 1. The fourth-order valence-corrected chi connectivity index (χ4v) is 6.19. The molecule has 5 rings (SSSR count). The van der Waals surface area contributed by atoms with Crippen molar-refractivity contribution in [3.63, 3.8) is 0 Å². The number of aryl methyl sites for hydroxylation is 1. The van der Waals surface area contributed by atoms with Gasteiger partial charge in [-0.2, -0.15) is 0 Å². The van der Waals surface area contributed by atoms with Crippen LogP contribution in [-0.2, 0) is 6.42 Å². The number of unbranched alkanes of at least 4 members (excludes halogenated alkanes) is 1. The molecular formula is C38H50N6O2S2. The quantitative estimate of drug-likeness (QED) is 0.0794. The summed E-state index contributed by atoms with van der Waals surface area (Å²) in [6, 6.07) is 28.5. The number of thiazole rings is 1. The van der Waals surface area contributed by atoms with Gasteiger partial charge in [-0.05, 0) is 85.3 Å². The van der Waals surface area contributed by atoms with E-state index in [2.05, 4.69) is 56.6 Å². The largest absolute Gasteiger partial charge is 0.412 e. The molecule has 5 aromatic rings. The molecule has 8 N–H and O–H groups in total. The van der Waals surface area contributed by atoms with Gasteiger partial charge in [0, 0.05) is 40.6 Å². The molecule has 3 aromatic carbocycles. The van der Waals surface area contributed by atoms with Crippen LogP contribution in [0.3, 0.4) is 0 Å². The molecule has 0 aliphatic rings. The molecule has 0 radical (unpaired) electrons. The minimum Gasteiger partial charge on any atom is -0.412 e. The number of hydrogen-bond donors (Lipinski definition) is 4. The monoisotopic (exact) mass is 686 g/mol. The average Bonchev–Trinajstić information content (AvgIpc) is 3.65. The molecule has 0 spiro atoms. The number of nitrogens with zero attached hydrogens (tertiary/aromatic N) is 2. The SMILES string of the molecule is CC(C)CN(CC(C)C)c1ccc(N)cc1.CCCCc1ccc(OC(=O)c2ccc(N)cc2)s1.Nc1nc(-c2ccccc2)c(N)s1. The number of nitrogens with two attached hydrogens (primary N) is 4. The van der Waals surface area contributed by atoms with Crippen molar-refractivity contribution in [3.05, 3.63) is 101 Å². The lowest BCUT2D eigenvalue weighted by molar-refractivity contribution is 0.0740. The molecule has 2 aromatic heterocycles. The van der Waals surface area contributed by atoms with Gasteiger partial charge in [-0.15, -0.1) is 11.3 Å². The van der Waals surface area contributed by atoms with Crippen LogP contribution in [0, 0.1) is 11.8 Å². The number of benzene rings is 3. The average molecular weight is 687 g/mol. The zero-order valence-corrected chi connectivity index (χ0v) is 30.3. The number of nitrogen functional groups attached to an aromatic ring is 4. The maximum absolute atomic E-state index is 11.9. The van der Waals surface area contributed by atoms with E-state index in [0.717, 1.165) is 42.9 Å². The standard InChI is InChI=1S/C15H17NO2S.C14H24N2.C9H9N3S/c1-2-3-4-13-9-10-14(19-13)18-15(17)11-5-7-12(16)8-6-11;1-11(2)9-16(10-12(3)4)14-7-5-13(15)6-8-14;10-8-7(12-9(11)13-8)6-4-2-1-3-5-6/h5-10H,2-4,16H2,1H3;5-8,11-12H,9-10,15H2,1-4H3;1-5H,10H2,(H2,11,12). The van der Waals surface area contributed by atoms with Crippen molar-refractivity contribution < 1.29 is 9.53 Å². The molecular weight excluding hydrogens is 637 g/mol. The zero-order valence-electron chi connectivity index (χ0n) is 28.7. The number of carbonyl (C=O) groups is 1. The minimum atomic E-state index is -0.344. The Morgan fingerprint density at radius 1 is 0.771 bits per heavy atom. The highest BCUT2D eigenvalue weighted by Gasteiger charge is 2.11. The van der Waals surface area contributed by atoms with Crippen LogP contribution in [-0.4, -0.2) is 24.0 Å². The topological polar surface area (TPSA) is 147 Å². The smallest absolute Gasteiger partial charge is 0.344 e. The van der Waals surface area contributed by atoms with Crippen LogP contribution < -0.4 is 32.6 Å². The van der Waals surface area contributed by atoms with Crippen molar-refractivity contribution in [2.75, 3.05) is 40.9 Å². The maximum Gasteiger partial charge on any atom is 0.344 e. The van der Waals surface area contributed by atoms with Crippen LogP contribution in [0.15, 0.2) is 91.0 Å². The van der Waals surface area contributed by atoms with Crippen LogP contribution >= 0.6 is 22.7 Å². The summed E-state index contributed by atoms with van der Waals surface area (Å²) in [5, 5.41) is 1.83. The van der Waals surface area contributed by atoms with Gasteiger partial charge in [0.1, 0.15) is 10.7 Å². The molecule has 10 heteroatoms. The van der Waals surface area contributed by atoms with Crippen molar-refractivity contribution in [2.45, 2.75) is 53.9 Å². The third kappa shape index (κ3) is 12.9. The number of ether oxygens (including phenoxy) is 1. The van der Waals surface area contributed by atoms with E-state index >= 15 is 0 Å². The second-order valence-electron chi connectivity index (χ2n) is 12.3. The maximum atomic E-state index is 11.9. The number of rotatable bonds is 11. The first-order chi connectivity index (χ1) is 22.9. The first-order valence-electron chi connectivity index (χ1n) is 16.3. The van der Waals surface area contributed by atoms with Gasteiger partial charge >= 0.3 is 5.97 Å². The Hall–Kier alpha value is -4.54. The molecule has 8 nitrogen and oxygen atoms in total. The van der Waals surface area contributed by atoms with E-state index in [1.165, 1.54) is 39.7 Å². The van der Waals surface area contributed by atoms with Gasteiger partial charge in [-0.3, -0.25) is 0 Å². The third-order valence-corrected chi connectivity index (χ3v) is 8.64. The van der Waals surface area contributed by atoms with Gasteiger partial charge in [0.2, 0.25) is 0 Å². The highest BCUT2D eigenvalue weighted by Crippen LogP contribution is 2.31. The summed E-state index contributed by atoms with van der Waals surface area (Å²) in [4.78, 5) is 19.7. The second-order valence-corrected chi connectivity index (χ2v) is 14.4. The molecule has 0 aliphatic heterocycles. The third-order valence-electron chi connectivity index (χ3n) is 6.90. The van der Waals surface area contributed by atoms with Crippen LogP contribution in [0.2, 0.25) is 0 Å². The lowest BCUT2D eigenvalue weighted by atomic mass is 10.1. The molecule has 0 bridgehead atoms. The van der Waals surface area contributed by atoms with Crippen molar-refractivity contribution >= 4 is 55.8 Å². The Balaban J connectivity index is 0.000000199. The molecule has 0 amide bonds. The van der Waals surface area contributed by atoms with Crippen molar-refractivity contribution in [1.29, 1.82) is 0 Å². The Labute approximate surface area is 293 Å². The molecule has 0 atom stereocenters. The normalized spacial score (nSPS) is 10.6. The Morgan fingerprint density at radius 2 is 1.35 bits per heavy atom. The van der Waals surface area contributed by atoms with E-state index in [4.69, 9.17) is 27.7 Å². The first kappa shape index (κ1) is 37.9. The van der Waals surface area contributed by atoms with Crippen molar-refractivity contribution in [2.24, 2.45) is 11.8 Å². The van der Waals surface area contributed by atoms with Gasteiger partial charge in [0.15, 0.2) is 10.2 Å². The van der Waals surface area contributed by atoms with Crippen LogP contribution in [0.4, 0.5) is 27.2 Å². The lowest BCUT2D eigenvalue weighted by Gasteiger charge is -2.28. The van der Waals surface area contributed by atoms with Crippen LogP contribution in [0.25, 0.3) is 11.3 Å². The summed E-state index contributed by atoms with van der Waals surface area (Å²) in [6.07, 6.45) is 3.37. The molecule has 0 saturated heterocycles. The van der Waals surface area contributed by atoms with Crippen molar-refractivity contribution in [3.8, 4) is 16.3 Å². The summed E-state index contributed by atoms with van der Waals surface area (Å²) in [7, 11) is 0. The number of aromatic nitrogens is 1. The highest BCUT2D eigenvalue weighted by molar-refractivity contribution is 7.19. The summed E-state index contributed by atoms with van der Waals surface area (Å²) < 4.78 is 5.34.